The Balaban J connectivity index is 1.45. The Hall–Kier alpha value is -3.63. The Kier molecular flexibility index (Phi) is 7.76. The quantitative estimate of drug-likeness (QED) is 0.439. The van der Waals surface area contributed by atoms with Gasteiger partial charge < -0.3 is 26.3 Å². The predicted molar refractivity (Wildman–Crippen MR) is 132 cm³/mol. The molecule has 0 aromatic heterocycles. The number of halogens is 1. The molecule has 2 unspecified atom stereocenters. The average molecular weight is 498 g/mol. The minimum Gasteiger partial charge on any atom is -0.496 e. The van der Waals surface area contributed by atoms with Crippen molar-refractivity contribution in [3.05, 3.63) is 76.4 Å². The van der Waals surface area contributed by atoms with Gasteiger partial charge in [0, 0.05) is 25.8 Å². The SMILES string of the molecule is COc1ccc(F)cc1C(=O)NCc1ccc(C2NN(C(C)C3CCOCC3)C(N)=C2C(N)=O)cc1. The summed E-state index contributed by atoms with van der Waals surface area (Å²) in [6.45, 7) is 3.73. The number of hydrazine groups is 1. The number of primary amides is 1. The molecule has 0 radical (unpaired) electrons. The molecule has 0 spiro atoms. The zero-order chi connectivity index (χ0) is 25.8. The third kappa shape index (κ3) is 5.29. The third-order valence-electron chi connectivity index (χ3n) is 6.89. The molecule has 0 aliphatic carbocycles. The number of methoxy groups -OCH3 is 1. The molecule has 1 fully saturated rings. The second kappa shape index (κ2) is 11.0. The van der Waals surface area contributed by atoms with E-state index in [1.807, 2.05) is 29.3 Å². The fourth-order valence-corrected chi connectivity index (χ4v) is 4.77. The van der Waals surface area contributed by atoms with Crippen molar-refractivity contribution in [2.24, 2.45) is 17.4 Å². The van der Waals surface area contributed by atoms with E-state index >= 15 is 0 Å². The Morgan fingerprint density at radius 3 is 2.56 bits per heavy atom. The van der Waals surface area contributed by atoms with E-state index in [1.165, 1.54) is 19.2 Å². The number of carbonyl (C=O) groups is 2. The fourth-order valence-electron chi connectivity index (χ4n) is 4.77. The summed E-state index contributed by atoms with van der Waals surface area (Å²) in [5.74, 6) is -0.539. The lowest BCUT2D eigenvalue weighted by atomic mass is 9.92. The summed E-state index contributed by atoms with van der Waals surface area (Å²) >= 11 is 0. The van der Waals surface area contributed by atoms with Crippen molar-refractivity contribution >= 4 is 11.8 Å². The van der Waals surface area contributed by atoms with E-state index in [1.54, 1.807) is 0 Å². The van der Waals surface area contributed by atoms with E-state index in [2.05, 4.69) is 17.7 Å². The Morgan fingerprint density at radius 1 is 1.22 bits per heavy atom. The molecular formula is C26H32FN5O4. The zero-order valence-electron chi connectivity index (χ0n) is 20.4. The van der Waals surface area contributed by atoms with Crippen molar-refractivity contribution in [3.63, 3.8) is 0 Å². The minimum atomic E-state index is -0.577. The van der Waals surface area contributed by atoms with E-state index in [4.69, 9.17) is 20.9 Å². The van der Waals surface area contributed by atoms with Gasteiger partial charge in [0.1, 0.15) is 17.4 Å². The van der Waals surface area contributed by atoms with E-state index in [0.29, 0.717) is 36.3 Å². The van der Waals surface area contributed by atoms with Gasteiger partial charge in [0.2, 0.25) is 5.91 Å². The maximum Gasteiger partial charge on any atom is 0.255 e. The van der Waals surface area contributed by atoms with Crippen LogP contribution in [0.25, 0.3) is 0 Å². The van der Waals surface area contributed by atoms with Gasteiger partial charge in [-0.3, -0.25) is 14.6 Å². The predicted octanol–water partition coefficient (Wildman–Crippen LogP) is 2.10. The summed E-state index contributed by atoms with van der Waals surface area (Å²) in [7, 11) is 1.42. The number of rotatable bonds is 8. The molecule has 2 heterocycles. The number of amides is 2. The first-order chi connectivity index (χ1) is 17.3. The molecule has 2 aliphatic heterocycles. The smallest absolute Gasteiger partial charge is 0.255 e. The molecular weight excluding hydrogens is 465 g/mol. The molecule has 2 aromatic carbocycles. The Bertz CT molecular complexity index is 1150. The largest absolute Gasteiger partial charge is 0.496 e. The van der Waals surface area contributed by atoms with Crippen molar-refractivity contribution in [3.8, 4) is 5.75 Å². The summed E-state index contributed by atoms with van der Waals surface area (Å²) < 4.78 is 24.2. The summed E-state index contributed by atoms with van der Waals surface area (Å²) in [5, 5.41) is 4.62. The van der Waals surface area contributed by atoms with Gasteiger partial charge in [-0.2, -0.15) is 0 Å². The lowest BCUT2D eigenvalue weighted by Crippen LogP contribution is -2.47. The lowest BCUT2D eigenvalue weighted by Gasteiger charge is -2.36. The number of ether oxygens (including phenoxy) is 2. The molecule has 4 rings (SSSR count). The minimum absolute atomic E-state index is 0.0579. The fraction of sp³-hybridized carbons (Fsp3) is 0.385. The standard InChI is InChI=1S/C26H32FN5O4/c1-15(17-9-11-36-12-10-17)32-24(28)22(25(29)33)23(31-32)18-5-3-16(4-6-18)14-30-26(34)20-13-19(27)7-8-21(20)35-2/h3-8,13,15,17,23,31H,9-12,14,28H2,1-2H3,(H2,29,33)(H,30,34). The molecule has 36 heavy (non-hydrogen) atoms. The highest BCUT2D eigenvalue weighted by atomic mass is 19.1. The normalized spacial score (nSPS) is 19.3. The summed E-state index contributed by atoms with van der Waals surface area (Å²) in [5.41, 5.74) is 17.6. The Morgan fingerprint density at radius 2 is 1.92 bits per heavy atom. The molecule has 6 N–H and O–H groups in total. The first kappa shape index (κ1) is 25.5. The van der Waals surface area contributed by atoms with Gasteiger partial charge in [0.15, 0.2) is 0 Å². The van der Waals surface area contributed by atoms with E-state index in [9.17, 15) is 14.0 Å². The molecule has 2 aromatic rings. The molecule has 2 atom stereocenters. The molecule has 1 saturated heterocycles. The first-order valence-corrected chi connectivity index (χ1v) is 11.9. The number of nitrogens with zero attached hydrogens (tertiary/aromatic N) is 1. The highest BCUT2D eigenvalue weighted by Crippen LogP contribution is 2.34. The van der Waals surface area contributed by atoms with Gasteiger partial charge in [0.05, 0.1) is 24.3 Å². The van der Waals surface area contributed by atoms with Gasteiger partial charge in [0.25, 0.3) is 5.91 Å². The highest BCUT2D eigenvalue weighted by Gasteiger charge is 2.38. The summed E-state index contributed by atoms with van der Waals surface area (Å²) in [6.07, 6.45) is 1.84. The van der Waals surface area contributed by atoms with Crippen molar-refractivity contribution in [1.82, 2.24) is 15.8 Å². The topological polar surface area (TPSA) is 132 Å². The Labute approximate surface area is 209 Å². The van der Waals surface area contributed by atoms with E-state index in [0.717, 1.165) is 30.0 Å². The van der Waals surface area contributed by atoms with Gasteiger partial charge in [-0.05, 0) is 55.0 Å². The van der Waals surface area contributed by atoms with Crippen LogP contribution < -0.4 is 26.9 Å². The summed E-state index contributed by atoms with van der Waals surface area (Å²) in [6, 6.07) is 10.8. The number of nitrogens with one attached hydrogen (secondary N) is 2. The maximum absolute atomic E-state index is 13.6. The number of hydrogen-bond donors (Lipinski definition) is 4. The van der Waals surface area contributed by atoms with Crippen LogP contribution in [0, 0.1) is 11.7 Å². The van der Waals surface area contributed by atoms with Crippen molar-refractivity contribution in [2.75, 3.05) is 20.3 Å². The van der Waals surface area contributed by atoms with Crippen molar-refractivity contribution < 1.29 is 23.5 Å². The van der Waals surface area contributed by atoms with Crippen molar-refractivity contribution in [2.45, 2.75) is 38.4 Å². The number of nitrogens with two attached hydrogens (primary N) is 2. The second-order valence-corrected chi connectivity index (χ2v) is 9.05. The van der Waals surface area contributed by atoms with Crippen LogP contribution in [0.3, 0.4) is 0 Å². The number of benzene rings is 2. The van der Waals surface area contributed by atoms with Crippen LogP contribution >= 0.6 is 0 Å². The van der Waals surface area contributed by atoms with Crippen LogP contribution in [-0.2, 0) is 16.1 Å². The van der Waals surface area contributed by atoms with E-state index < -0.39 is 23.7 Å². The van der Waals surface area contributed by atoms with Gasteiger partial charge in [-0.25, -0.2) is 9.82 Å². The molecule has 10 heteroatoms. The van der Waals surface area contributed by atoms with Gasteiger partial charge >= 0.3 is 0 Å². The molecule has 192 valence electrons. The molecule has 0 bridgehead atoms. The molecule has 2 amide bonds. The zero-order valence-corrected chi connectivity index (χ0v) is 20.4. The number of hydrogen-bond acceptors (Lipinski definition) is 7. The monoisotopic (exact) mass is 497 g/mol. The van der Waals surface area contributed by atoms with Crippen LogP contribution in [0.4, 0.5) is 4.39 Å². The highest BCUT2D eigenvalue weighted by molar-refractivity contribution is 5.97. The van der Waals surface area contributed by atoms with Crippen molar-refractivity contribution in [1.29, 1.82) is 0 Å². The maximum atomic E-state index is 13.6. The van der Waals surface area contributed by atoms with Crippen LogP contribution in [-0.4, -0.2) is 43.2 Å². The van der Waals surface area contributed by atoms with Gasteiger partial charge in [-0.1, -0.05) is 24.3 Å². The molecule has 2 aliphatic rings. The third-order valence-corrected chi connectivity index (χ3v) is 6.89. The van der Waals surface area contributed by atoms with E-state index in [-0.39, 0.29) is 18.2 Å². The van der Waals surface area contributed by atoms with Crippen LogP contribution in [0.1, 0.15) is 47.3 Å². The van der Waals surface area contributed by atoms with Crippen LogP contribution in [0.5, 0.6) is 5.75 Å². The molecule has 9 nitrogen and oxygen atoms in total. The van der Waals surface area contributed by atoms with Gasteiger partial charge in [-0.15, -0.1) is 0 Å². The first-order valence-electron chi connectivity index (χ1n) is 11.9. The average Bonchev–Trinajstić information content (AvgIpc) is 3.24. The summed E-state index contributed by atoms with van der Waals surface area (Å²) in [4.78, 5) is 24.9. The molecule has 0 saturated carbocycles. The van der Waals surface area contributed by atoms with Crippen LogP contribution in [0.2, 0.25) is 0 Å². The lowest BCUT2D eigenvalue weighted by molar-refractivity contribution is -0.114. The second-order valence-electron chi connectivity index (χ2n) is 9.05. The number of carbonyl (C=O) groups excluding carboxylic acids is 2. The van der Waals surface area contributed by atoms with Crippen LogP contribution in [0.15, 0.2) is 53.9 Å².